The number of carbonyl (C=O) groups is 1. The fraction of sp³-hybridized carbons (Fsp3) is 0.0870. The fourth-order valence-electron chi connectivity index (χ4n) is 3.25. The molecule has 0 atom stereocenters. The summed E-state index contributed by atoms with van der Waals surface area (Å²) in [6.45, 7) is 0. The van der Waals surface area contributed by atoms with E-state index >= 15 is 0 Å². The molecule has 0 saturated carbocycles. The number of anilines is 1. The molecule has 4 rings (SSSR count). The molecule has 8 nitrogen and oxygen atoms in total. The van der Waals surface area contributed by atoms with E-state index in [0.717, 1.165) is 4.57 Å². The van der Waals surface area contributed by atoms with E-state index in [0.29, 0.717) is 28.3 Å². The van der Waals surface area contributed by atoms with Gasteiger partial charge in [-0.3, -0.25) is 9.59 Å². The van der Waals surface area contributed by atoms with Crippen molar-refractivity contribution in [1.29, 1.82) is 0 Å². The molecule has 0 saturated heterocycles. The van der Waals surface area contributed by atoms with Crippen molar-refractivity contribution < 1.29 is 14.3 Å². The summed E-state index contributed by atoms with van der Waals surface area (Å²) in [6, 6.07) is 18.2. The molecule has 4 aromatic rings. The summed E-state index contributed by atoms with van der Waals surface area (Å²) in [5, 5.41) is 3.06. The molecule has 31 heavy (non-hydrogen) atoms. The topological polar surface area (TPSA) is 102 Å². The SMILES string of the molecule is COc1cc(NC(=O)c2ccc3c(=O)n(-c4ccccc4)c(=O)[nH]c3c2)cc(OC)c1. The predicted octanol–water partition coefficient (Wildman–Crippen LogP) is 2.95. The summed E-state index contributed by atoms with van der Waals surface area (Å²) in [4.78, 5) is 40.9. The van der Waals surface area contributed by atoms with Gasteiger partial charge < -0.3 is 19.8 Å². The van der Waals surface area contributed by atoms with E-state index in [-0.39, 0.29) is 11.1 Å². The van der Waals surface area contributed by atoms with Gasteiger partial charge in [-0.15, -0.1) is 0 Å². The Morgan fingerprint density at radius 3 is 2.23 bits per heavy atom. The highest BCUT2D eigenvalue weighted by atomic mass is 16.5. The van der Waals surface area contributed by atoms with Gasteiger partial charge in [0, 0.05) is 29.4 Å². The number of methoxy groups -OCH3 is 2. The van der Waals surface area contributed by atoms with Crippen molar-refractivity contribution in [1.82, 2.24) is 9.55 Å². The van der Waals surface area contributed by atoms with Crippen molar-refractivity contribution in [3.05, 3.63) is 93.1 Å². The largest absolute Gasteiger partial charge is 0.497 e. The molecule has 1 amide bonds. The van der Waals surface area contributed by atoms with Gasteiger partial charge in [-0.25, -0.2) is 9.36 Å². The Hall–Kier alpha value is -4.33. The Morgan fingerprint density at radius 2 is 1.58 bits per heavy atom. The quantitative estimate of drug-likeness (QED) is 0.520. The summed E-state index contributed by atoms with van der Waals surface area (Å²) < 4.78 is 11.5. The van der Waals surface area contributed by atoms with E-state index in [9.17, 15) is 14.4 Å². The van der Waals surface area contributed by atoms with Crippen LogP contribution in [0.1, 0.15) is 10.4 Å². The molecule has 0 fully saturated rings. The smallest absolute Gasteiger partial charge is 0.333 e. The summed E-state index contributed by atoms with van der Waals surface area (Å²) in [7, 11) is 3.03. The van der Waals surface area contributed by atoms with E-state index in [1.54, 1.807) is 48.5 Å². The van der Waals surface area contributed by atoms with E-state index in [2.05, 4.69) is 10.3 Å². The number of hydrogen-bond donors (Lipinski definition) is 2. The molecular weight excluding hydrogens is 398 g/mol. The maximum atomic E-state index is 12.9. The van der Waals surface area contributed by atoms with E-state index < -0.39 is 17.2 Å². The summed E-state index contributed by atoms with van der Waals surface area (Å²) in [5.41, 5.74) is 0.451. The molecule has 0 unspecified atom stereocenters. The zero-order chi connectivity index (χ0) is 22.0. The third kappa shape index (κ3) is 3.91. The van der Waals surface area contributed by atoms with E-state index in [1.165, 1.54) is 32.4 Å². The summed E-state index contributed by atoms with van der Waals surface area (Å²) >= 11 is 0. The normalized spacial score (nSPS) is 10.6. The van der Waals surface area contributed by atoms with Gasteiger partial charge in [-0.2, -0.15) is 0 Å². The van der Waals surface area contributed by atoms with Crippen LogP contribution in [0.5, 0.6) is 11.5 Å². The number of benzene rings is 3. The van der Waals surface area contributed by atoms with Gasteiger partial charge in [0.2, 0.25) is 0 Å². The lowest BCUT2D eigenvalue weighted by molar-refractivity contribution is 0.102. The minimum Gasteiger partial charge on any atom is -0.497 e. The van der Waals surface area contributed by atoms with Gasteiger partial charge in [0.05, 0.1) is 30.8 Å². The molecule has 3 aromatic carbocycles. The van der Waals surface area contributed by atoms with Gasteiger partial charge in [-0.1, -0.05) is 18.2 Å². The molecule has 8 heteroatoms. The highest BCUT2D eigenvalue weighted by molar-refractivity contribution is 6.06. The van der Waals surface area contributed by atoms with Gasteiger partial charge >= 0.3 is 5.69 Å². The Morgan fingerprint density at radius 1 is 0.903 bits per heavy atom. The van der Waals surface area contributed by atoms with E-state index in [1.807, 2.05) is 0 Å². The van der Waals surface area contributed by atoms with Gasteiger partial charge in [0.1, 0.15) is 11.5 Å². The van der Waals surface area contributed by atoms with Crippen LogP contribution in [0.2, 0.25) is 0 Å². The summed E-state index contributed by atoms with van der Waals surface area (Å²) in [6.07, 6.45) is 0. The average molecular weight is 417 g/mol. The second-order valence-corrected chi connectivity index (χ2v) is 6.72. The van der Waals surface area contributed by atoms with Crippen molar-refractivity contribution in [2.75, 3.05) is 19.5 Å². The average Bonchev–Trinajstić information content (AvgIpc) is 2.79. The van der Waals surface area contributed by atoms with Gasteiger partial charge in [0.25, 0.3) is 11.5 Å². The first-order valence-electron chi connectivity index (χ1n) is 9.39. The van der Waals surface area contributed by atoms with Gasteiger partial charge in [0.15, 0.2) is 0 Å². The number of nitrogens with one attached hydrogen (secondary N) is 2. The van der Waals surface area contributed by atoms with Crippen molar-refractivity contribution >= 4 is 22.5 Å². The second kappa shape index (κ2) is 8.19. The van der Waals surface area contributed by atoms with Crippen molar-refractivity contribution in [3.8, 4) is 17.2 Å². The molecule has 0 radical (unpaired) electrons. The van der Waals surface area contributed by atoms with Crippen LogP contribution in [0.15, 0.2) is 76.3 Å². The van der Waals surface area contributed by atoms with Gasteiger partial charge in [-0.05, 0) is 30.3 Å². The highest BCUT2D eigenvalue weighted by Crippen LogP contribution is 2.26. The fourth-order valence-corrected chi connectivity index (χ4v) is 3.25. The molecule has 156 valence electrons. The first-order chi connectivity index (χ1) is 15.0. The number of aromatic nitrogens is 2. The number of carbonyl (C=O) groups excluding carboxylic acids is 1. The number of aromatic amines is 1. The number of rotatable bonds is 5. The lowest BCUT2D eigenvalue weighted by Crippen LogP contribution is -2.33. The van der Waals surface area contributed by atoms with Crippen LogP contribution in [-0.4, -0.2) is 29.7 Å². The number of fused-ring (bicyclic) bond motifs is 1. The Balaban J connectivity index is 1.71. The third-order valence-electron chi connectivity index (χ3n) is 4.78. The highest BCUT2D eigenvalue weighted by Gasteiger charge is 2.13. The van der Waals surface area contributed by atoms with E-state index in [4.69, 9.17) is 9.47 Å². The number of para-hydroxylation sites is 1. The van der Waals surface area contributed by atoms with Crippen molar-refractivity contribution in [2.24, 2.45) is 0 Å². The molecule has 0 bridgehead atoms. The number of nitrogens with zero attached hydrogens (tertiary/aromatic N) is 1. The molecular formula is C23H19N3O5. The molecule has 0 aliphatic heterocycles. The minimum atomic E-state index is -0.584. The first kappa shape index (κ1) is 20.0. The van der Waals surface area contributed by atoms with Crippen molar-refractivity contribution in [3.63, 3.8) is 0 Å². The van der Waals surface area contributed by atoms with Crippen LogP contribution in [0.3, 0.4) is 0 Å². The zero-order valence-electron chi connectivity index (χ0n) is 16.8. The number of amides is 1. The minimum absolute atomic E-state index is 0.276. The number of ether oxygens (including phenoxy) is 2. The van der Waals surface area contributed by atoms with Crippen LogP contribution in [-0.2, 0) is 0 Å². The second-order valence-electron chi connectivity index (χ2n) is 6.72. The first-order valence-corrected chi connectivity index (χ1v) is 9.39. The zero-order valence-corrected chi connectivity index (χ0v) is 16.8. The molecule has 0 spiro atoms. The van der Waals surface area contributed by atoms with Crippen LogP contribution >= 0.6 is 0 Å². The summed E-state index contributed by atoms with van der Waals surface area (Å²) in [5.74, 6) is 0.642. The van der Waals surface area contributed by atoms with Crippen LogP contribution in [0, 0.1) is 0 Å². The lowest BCUT2D eigenvalue weighted by Gasteiger charge is -2.11. The van der Waals surface area contributed by atoms with Crippen LogP contribution < -0.4 is 26.0 Å². The standard InChI is InChI=1S/C23H19N3O5/c1-30-17-11-15(12-18(13-17)31-2)24-21(27)14-8-9-19-20(10-14)25-23(29)26(22(19)28)16-6-4-3-5-7-16/h3-13H,1-2H3,(H,24,27)(H,25,29). The number of H-pyrrole nitrogens is 1. The van der Waals surface area contributed by atoms with Crippen LogP contribution in [0.25, 0.3) is 16.6 Å². The van der Waals surface area contributed by atoms with Crippen molar-refractivity contribution in [2.45, 2.75) is 0 Å². The third-order valence-corrected chi connectivity index (χ3v) is 4.78. The predicted molar refractivity (Wildman–Crippen MR) is 118 cm³/mol. The number of hydrogen-bond acceptors (Lipinski definition) is 5. The molecule has 1 heterocycles. The maximum Gasteiger partial charge on any atom is 0.333 e. The Bertz CT molecular complexity index is 1370. The van der Waals surface area contributed by atoms with Crippen LogP contribution in [0.4, 0.5) is 5.69 Å². The molecule has 0 aliphatic carbocycles. The molecule has 1 aromatic heterocycles. The maximum absolute atomic E-state index is 12.9. The monoisotopic (exact) mass is 417 g/mol. The lowest BCUT2D eigenvalue weighted by atomic mass is 10.1. The Labute approximate surface area is 176 Å². The molecule has 0 aliphatic rings. The Kier molecular flexibility index (Phi) is 5.28. The molecule has 2 N–H and O–H groups in total.